The molecule has 0 saturated heterocycles. The highest BCUT2D eigenvalue weighted by atomic mass is 16.5. The van der Waals surface area contributed by atoms with E-state index in [-0.39, 0.29) is 11.8 Å². The van der Waals surface area contributed by atoms with Crippen molar-refractivity contribution < 1.29 is 14.3 Å². The van der Waals surface area contributed by atoms with Crippen molar-refractivity contribution >= 4 is 17.5 Å². The Bertz CT molecular complexity index is 784. The van der Waals surface area contributed by atoms with E-state index in [9.17, 15) is 9.59 Å². The standard InChI is InChI=1S/C20H22N2O3/c1-14-3-6-16(7-4-14)20(24)21-11-9-15-5-8-18-17(13-15)22(2)19(23)10-12-25-18/h3-8,13H,9-12H2,1-2H3,(H,21,24). The van der Waals surface area contributed by atoms with E-state index in [1.165, 1.54) is 0 Å². The third-order valence-corrected chi connectivity index (χ3v) is 4.35. The number of hydrogen-bond donors (Lipinski definition) is 1. The maximum Gasteiger partial charge on any atom is 0.251 e. The van der Waals surface area contributed by atoms with Crippen LogP contribution in [0.15, 0.2) is 42.5 Å². The molecule has 1 aliphatic heterocycles. The average molecular weight is 338 g/mol. The van der Waals surface area contributed by atoms with Crippen LogP contribution in [0.2, 0.25) is 0 Å². The Labute approximate surface area is 147 Å². The van der Waals surface area contributed by atoms with Crippen LogP contribution in [0, 0.1) is 6.92 Å². The third kappa shape index (κ3) is 3.99. The number of hydrogen-bond acceptors (Lipinski definition) is 3. The first-order valence-electron chi connectivity index (χ1n) is 8.42. The predicted octanol–water partition coefficient (Wildman–Crippen LogP) is 2.71. The van der Waals surface area contributed by atoms with Crippen molar-refractivity contribution in [1.82, 2.24) is 5.32 Å². The van der Waals surface area contributed by atoms with E-state index in [1.807, 2.05) is 49.4 Å². The van der Waals surface area contributed by atoms with E-state index < -0.39 is 0 Å². The molecule has 0 aromatic heterocycles. The maximum atomic E-state index is 12.1. The molecule has 0 spiro atoms. The van der Waals surface area contributed by atoms with Crippen LogP contribution in [0.3, 0.4) is 0 Å². The lowest BCUT2D eigenvalue weighted by atomic mass is 10.1. The summed E-state index contributed by atoms with van der Waals surface area (Å²) in [5.41, 5.74) is 3.62. The molecular weight excluding hydrogens is 316 g/mol. The average Bonchev–Trinajstić information content (AvgIpc) is 2.75. The number of anilines is 1. The summed E-state index contributed by atoms with van der Waals surface area (Å²) >= 11 is 0. The Balaban J connectivity index is 1.62. The maximum absolute atomic E-state index is 12.1. The highest BCUT2D eigenvalue weighted by Gasteiger charge is 2.20. The van der Waals surface area contributed by atoms with Gasteiger partial charge in [0.05, 0.1) is 18.7 Å². The molecule has 3 rings (SSSR count). The molecule has 5 nitrogen and oxygen atoms in total. The molecule has 1 N–H and O–H groups in total. The quantitative estimate of drug-likeness (QED) is 0.932. The van der Waals surface area contributed by atoms with Gasteiger partial charge in [-0.2, -0.15) is 0 Å². The monoisotopic (exact) mass is 338 g/mol. The Morgan fingerprint density at radius 3 is 2.72 bits per heavy atom. The highest BCUT2D eigenvalue weighted by Crippen LogP contribution is 2.31. The van der Waals surface area contributed by atoms with Gasteiger partial charge < -0.3 is 15.0 Å². The molecule has 1 heterocycles. The van der Waals surface area contributed by atoms with Crippen LogP contribution < -0.4 is 15.0 Å². The van der Waals surface area contributed by atoms with Crippen LogP contribution in [-0.4, -0.2) is 32.0 Å². The molecule has 130 valence electrons. The number of fused-ring (bicyclic) bond motifs is 1. The summed E-state index contributed by atoms with van der Waals surface area (Å²) in [5.74, 6) is 0.690. The van der Waals surface area contributed by atoms with Crippen molar-refractivity contribution in [3.63, 3.8) is 0 Å². The number of carbonyl (C=O) groups excluding carboxylic acids is 2. The predicted molar refractivity (Wildman–Crippen MR) is 97.2 cm³/mol. The molecule has 0 atom stereocenters. The van der Waals surface area contributed by atoms with E-state index in [1.54, 1.807) is 11.9 Å². The Kier molecular flexibility index (Phi) is 5.03. The minimum atomic E-state index is -0.0783. The summed E-state index contributed by atoms with van der Waals surface area (Å²) < 4.78 is 5.62. The number of amides is 2. The molecule has 2 aromatic carbocycles. The first-order chi connectivity index (χ1) is 12.0. The third-order valence-electron chi connectivity index (χ3n) is 4.35. The number of rotatable bonds is 4. The molecule has 2 amide bonds. The first kappa shape index (κ1) is 17.0. The smallest absolute Gasteiger partial charge is 0.251 e. The lowest BCUT2D eigenvalue weighted by Crippen LogP contribution is -2.26. The summed E-state index contributed by atoms with van der Waals surface area (Å²) in [6.07, 6.45) is 1.07. The van der Waals surface area contributed by atoms with Crippen molar-refractivity contribution in [2.45, 2.75) is 19.8 Å². The summed E-state index contributed by atoms with van der Waals surface area (Å²) in [6.45, 7) is 2.93. The van der Waals surface area contributed by atoms with Crippen molar-refractivity contribution in [2.24, 2.45) is 0 Å². The number of benzene rings is 2. The summed E-state index contributed by atoms with van der Waals surface area (Å²) in [4.78, 5) is 25.7. The molecule has 0 aliphatic carbocycles. The number of aryl methyl sites for hydroxylation is 1. The van der Waals surface area contributed by atoms with Gasteiger partial charge in [-0.25, -0.2) is 0 Å². The van der Waals surface area contributed by atoms with Crippen LogP contribution in [0.25, 0.3) is 0 Å². The lowest BCUT2D eigenvalue weighted by Gasteiger charge is -2.17. The van der Waals surface area contributed by atoms with Crippen molar-refractivity contribution in [3.8, 4) is 5.75 Å². The van der Waals surface area contributed by atoms with Crippen LogP contribution in [0.4, 0.5) is 5.69 Å². The van der Waals surface area contributed by atoms with Crippen LogP contribution in [-0.2, 0) is 11.2 Å². The zero-order valence-corrected chi connectivity index (χ0v) is 14.5. The summed E-state index contributed by atoms with van der Waals surface area (Å²) in [6, 6.07) is 13.3. The summed E-state index contributed by atoms with van der Waals surface area (Å²) in [5, 5.41) is 2.93. The van der Waals surface area contributed by atoms with Gasteiger partial charge in [-0.3, -0.25) is 9.59 Å². The molecule has 0 saturated carbocycles. The van der Waals surface area contributed by atoms with Gasteiger partial charge in [-0.1, -0.05) is 23.8 Å². The van der Waals surface area contributed by atoms with Crippen LogP contribution in [0.1, 0.15) is 27.9 Å². The second kappa shape index (κ2) is 7.38. The van der Waals surface area contributed by atoms with Gasteiger partial charge in [0.25, 0.3) is 5.91 Å². The SMILES string of the molecule is Cc1ccc(C(=O)NCCc2ccc3c(c2)N(C)C(=O)CCO3)cc1. The van der Waals surface area contributed by atoms with Crippen molar-refractivity contribution in [2.75, 3.05) is 25.1 Å². The van der Waals surface area contributed by atoms with Crippen LogP contribution in [0.5, 0.6) is 5.75 Å². The minimum absolute atomic E-state index is 0.0450. The molecule has 2 aromatic rings. The van der Waals surface area contributed by atoms with Gasteiger partial charge >= 0.3 is 0 Å². The molecule has 0 fully saturated rings. The topological polar surface area (TPSA) is 58.6 Å². The number of ether oxygens (including phenoxy) is 1. The molecule has 0 unspecified atom stereocenters. The number of nitrogens with one attached hydrogen (secondary N) is 1. The molecule has 25 heavy (non-hydrogen) atoms. The van der Waals surface area contributed by atoms with E-state index in [4.69, 9.17) is 4.74 Å². The van der Waals surface area contributed by atoms with Crippen molar-refractivity contribution in [1.29, 1.82) is 0 Å². The zero-order valence-electron chi connectivity index (χ0n) is 14.5. The first-order valence-corrected chi connectivity index (χ1v) is 8.42. The van der Waals surface area contributed by atoms with E-state index in [2.05, 4.69) is 5.32 Å². The van der Waals surface area contributed by atoms with E-state index in [0.29, 0.717) is 31.6 Å². The number of carbonyl (C=O) groups is 2. The van der Waals surface area contributed by atoms with Gasteiger partial charge in [0, 0.05) is 19.2 Å². The van der Waals surface area contributed by atoms with E-state index >= 15 is 0 Å². The lowest BCUT2D eigenvalue weighted by molar-refractivity contribution is -0.118. The number of nitrogens with zero attached hydrogens (tertiary/aromatic N) is 1. The largest absolute Gasteiger partial charge is 0.491 e. The van der Waals surface area contributed by atoms with Gasteiger partial charge in [0.2, 0.25) is 5.91 Å². The second-order valence-corrected chi connectivity index (χ2v) is 6.23. The minimum Gasteiger partial charge on any atom is -0.491 e. The van der Waals surface area contributed by atoms with Gasteiger partial charge in [-0.15, -0.1) is 0 Å². The molecular formula is C20H22N2O3. The molecule has 1 aliphatic rings. The fourth-order valence-corrected chi connectivity index (χ4v) is 2.78. The Morgan fingerprint density at radius 1 is 1.20 bits per heavy atom. The molecule has 0 bridgehead atoms. The highest BCUT2D eigenvalue weighted by molar-refractivity contribution is 5.95. The fourth-order valence-electron chi connectivity index (χ4n) is 2.78. The van der Waals surface area contributed by atoms with E-state index in [0.717, 1.165) is 22.6 Å². The van der Waals surface area contributed by atoms with Gasteiger partial charge in [0.15, 0.2) is 0 Å². The van der Waals surface area contributed by atoms with Crippen LogP contribution >= 0.6 is 0 Å². The summed E-state index contributed by atoms with van der Waals surface area (Å²) in [7, 11) is 1.76. The van der Waals surface area contributed by atoms with Gasteiger partial charge in [0.1, 0.15) is 5.75 Å². The van der Waals surface area contributed by atoms with Crippen molar-refractivity contribution in [3.05, 3.63) is 59.2 Å². The van der Waals surface area contributed by atoms with Gasteiger partial charge in [-0.05, 0) is 43.2 Å². The Morgan fingerprint density at radius 2 is 1.96 bits per heavy atom. The molecule has 5 heteroatoms. The zero-order chi connectivity index (χ0) is 17.8. The Hall–Kier alpha value is -2.82. The normalized spacial score (nSPS) is 13.7. The fraction of sp³-hybridized carbons (Fsp3) is 0.300. The second-order valence-electron chi connectivity index (χ2n) is 6.23. The molecule has 0 radical (unpaired) electrons.